The molecule has 8 heteroatoms. The predicted octanol–water partition coefficient (Wildman–Crippen LogP) is 2.90. The number of non-ortho nitro benzene ring substituents is 1. The zero-order chi connectivity index (χ0) is 19.1. The maximum atomic E-state index is 11.9. The number of hydrogen-bond acceptors (Lipinski definition) is 7. The number of hydrogen-bond donors (Lipinski definition) is 1. The standard InChI is InChI=1S/C18H16N2O6/c1-25-17(21)11-16(18(22)26-2)19-15-6-4-3-5-14(15)12-7-9-13(10-8-12)20(23)24/h3-11,19H,1-2H3/b16-11+. The van der Waals surface area contributed by atoms with E-state index in [0.29, 0.717) is 16.8 Å². The van der Waals surface area contributed by atoms with Gasteiger partial charge in [-0.2, -0.15) is 0 Å². The van der Waals surface area contributed by atoms with Crippen LogP contribution in [0.2, 0.25) is 0 Å². The van der Waals surface area contributed by atoms with Crippen LogP contribution in [0.4, 0.5) is 11.4 Å². The van der Waals surface area contributed by atoms with Crippen LogP contribution >= 0.6 is 0 Å². The molecule has 2 aromatic carbocycles. The maximum absolute atomic E-state index is 11.9. The van der Waals surface area contributed by atoms with Crippen LogP contribution in [0, 0.1) is 10.1 Å². The Morgan fingerprint density at radius 2 is 1.69 bits per heavy atom. The first kappa shape index (κ1) is 18.7. The first-order valence-corrected chi connectivity index (χ1v) is 7.45. The van der Waals surface area contributed by atoms with Gasteiger partial charge in [0.1, 0.15) is 5.70 Å². The molecule has 0 radical (unpaired) electrons. The molecule has 0 unspecified atom stereocenters. The smallest absolute Gasteiger partial charge is 0.354 e. The normalized spacial score (nSPS) is 10.8. The Bertz CT molecular complexity index is 858. The van der Waals surface area contributed by atoms with Gasteiger partial charge in [0.15, 0.2) is 0 Å². The van der Waals surface area contributed by atoms with Gasteiger partial charge < -0.3 is 14.8 Å². The maximum Gasteiger partial charge on any atom is 0.354 e. The van der Waals surface area contributed by atoms with Gasteiger partial charge in [0.2, 0.25) is 0 Å². The van der Waals surface area contributed by atoms with Crippen LogP contribution in [0.15, 0.2) is 60.3 Å². The molecule has 0 aliphatic heterocycles. The zero-order valence-corrected chi connectivity index (χ0v) is 14.1. The van der Waals surface area contributed by atoms with Crippen molar-refractivity contribution in [1.29, 1.82) is 0 Å². The summed E-state index contributed by atoms with van der Waals surface area (Å²) in [6.07, 6.45) is 0.985. The van der Waals surface area contributed by atoms with Crippen molar-refractivity contribution in [3.05, 3.63) is 70.4 Å². The third-order valence-electron chi connectivity index (χ3n) is 3.45. The SMILES string of the molecule is COC(=O)/C=C(/Nc1ccccc1-c1ccc([N+](=O)[O-])cc1)C(=O)OC. The number of nitro benzene ring substituents is 1. The van der Waals surface area contributed by atoms with E-state index in [9.17, 15) is 19.7 Å². The van der Waals surface area contributed by atoms with Crippen LogP contribution in [0.25, 0.3) is 11.1 Å². The number of rotatable bonds is 6. The molecule has 0 aliphatic carbocycles. The summed E-state index contributed by atoms with van der Waals surface area (Å²) >= 11 is 0. The molecule has 0 saturated heterocycles. The number of anilines is 1. The molecule has 0 saturated carbocycles. The molecule has 0 heterocycles. The number of nitrogens with one attached hydrogen (secondary N) is 1. The highest BCUT2D eigenvalue weighted by atomic mass is 16.6. The van der Waals surface area contributed by atoms with Gasteiger partial charge in [-0.3, -0.25) is 10.1 Å². The summed E-state index contributed by atoms with van der Waals surface area (Å²) in [4.78, 5) is 33.7. The van der Waals surface area contributed by atoms with Crippen LogP contribution in [-0.4, -0.2) is 31.1 Å². The molecular formula is C18H16N2O6. The number of carbonyl (C=O) groups is 2. The second kappa shape index (κ2) is 8.43. The molecule has 0 amide bonds. The van der Waals surface area contributed by atoms with Gasteiger partial charge >= 0.3 is 11.9 Å². The van der Waals surface area contributed by atoms with Crippen molar-refractivity contribution in [3.63, 3.8) is 0 Å². The van der Waals surface area contributed by atoms with Gasteiger partial charge in [-0.25, -0.2) is 9.59 Å². The van der Waals surface area contributed by atoms with Crippen molar-refractivity contribution >= 4 is 23.3 Å². The molecule has 0 spiro atoms. The molecule has 0 fully saturated rings. The van der Waals surface area contributed by atoms with Crippen molar-refractivity contribution in [2.45, 2.75) is 0 Å². The van der Waals surface area contributed by atoms with E-state index in [1.165, 1.54) is 26.4 Å². The van der Waals surface area contributed by atoms with E-state index in [0.717, 1.165) is 6.08 Å². The zero-order valence-electron chi connectivity index (χ0n) is 14.1. The second-order valence-corrected chi connectivity index (χ2v) is 5.05. The number of carbonyl (C=O) groups excluding carboxylic acids is 2. The number of esters is 2. The average molecular weight is 356 g/mol. The van der Waals surface area contributed by atoms with Gasteiger partial charge in [0.05, 0.1) is 25.2 Å². The lowest BCUT2D eigenvalue weighted by Crippen LogP contribution is -2.15. The van der Waals surface area contributed by atoms with Gasteiger partial charge in [-0.15, -0.1) is 0 Å². The van der Waals surface area contributed by atoms with E-state index >= 15 is 0 Å². The number of nitro groups is 1. The van der Waals surface area contributed by atoms with Gasteiger partial charge in [0, 0.05) is 23.4 Å². The number of ether oxygens (including phenoxy) is 2. The van der Waals surface area contributed by atoms with Crippen LogP contribution < -0.4 is 5.32 Å². The van der Waals surface area contributed by atoms with Crippen molar-refractivity contribution in [3.8, 4) is 11.1 Å². The molecule has 2 aromatic rings. The third-order valence-corrected chi connectivity index (χ3v) is 3.45. The Balaban J connectivity index is 2.41. The Morgan fingerprint density at radius 3 is 2.27 bits per heavy atom. The Kier molecular flexibility index (Phi) is 6.05. The summed E-state index contributed by atoms with van der Waals surface area (Å²) < 4.78 is 9.20. The molecule has 2 rings (SSSR count). The summed E-state index contributed by atoms with van der Waals surface area (Å²) in [6, 6.07) is 13.0. The van der Waals surface area contributed by atoms with Crippen LogP contribution in [0.3, 0.4) is 0 Å². The topological polar surface area (TPSA) is 108 Å². The van der Waals surface area contributed by atoms with E-state index in [4.69, 9.17) is 0 Å². The van der Waals surface area contributed by atoms with Crippen molar-refractivity contribution in [2.75, 3.05) is 19.5 Å². The Labute approximate surface area is 149 Å². The number of methoxy groups -OCH3 is 2. The molecule has 0 bridgehead atoms. The summed E-state index contributed by atoms with van der Waals surface area (Å²) in [5.74, 6) is -1.46. The van der Waals surface area contributed by atoms with E-state index < -0.39 is 16.9 Å². The highest BCUT2D eigenvalue weighted by Gasteiger charge is 2.15. The highest BCUT2D eigenvalue weighted by Crippen LogP contribution is 2.30. The minimum absolute atomic E-state index is 0.0278. The number of nitrogens with zero attached hydrogens (tertiary/aromatic N) is 1. The Hall–Kier alpha value is -3.68. The summed E-state index contributed by atoms with van der Waals surface area (Å²) in [5.41, 5.74) is 1.76. The van der Waals surface area contributed by atoms with Crippen LogP contribution in [0.5, 0.6) is 0 Å². The fraction of sp³-hybridized carbons (Fsp3) is 0.111. The highest BCUT2D eigenvalue weighted by molar-refractivity contribution is 5.99. The lowest BCUT2D eigenvalue weighted by atomic mass is 10.0. The molecule has 1 N–H and O–H groups in total. The Morgan fingerprint density at radius 1 is 1.04 bits per heavy atom. The van der Waals surface area contributed by atoms with Gasteiger partial charge in [-0.1, -0.05) is 18.2 Å². The van der Waals surface area contributed by atoms with Crippen molar-refractivity contribution in [2.24, 2.45) is 0 Å². The molecule has 0 aromatic heterocycles. The molecule has 8 nitrogen and oxygen atoms in total. The molecular weight excluding hydrogens is 340 g/mol. The minimum Gasteiger partial charge on any atom is -0.466 e. The third kappa shape index (κ3) is 4.44. The van der Waals surface area contributed by atoms with Crippen molar-refractivity contribution in [1.82, 2.24) is 0 Å². The summed E-state index contributed by atoms with van der Waals surface area (Å²) in [7, 11) is 2.38. The van der Waals surface area contributed by atoms with Gasteiger partial charge in [-0.05, 0) is 23.8 Å². The lowest BCUT2D eigenvalue weighted by molar-refractivity contribution is -0.384. The van der Waals surface area contributed by atoms with E-state index in [1.54, 1.807) is 36.4 Å². The van der Waals surface area contributed by atoms with Crippen molar-refractivity contribution < 1.29 is 24.0 Å². The minimum atomic E-state index is -0.742. The molecule has 26 heavy (non-hydrogen) atoms. The van der Waals surface area contributed by atoms with Crippen LogP contribution in [0.1, 0.15) is 0 Å². The quantitative estimate of drug-likeness (QED) is 0.367. The monoisotopic (exact) mass is 356 g/mol. The molecule has 0 aliphatic rings. The first-order chi connectivity index (χ1) is 12.5. The summed E-state index contributed by atoms with van der Waals surface area (Å²) in [6.45, 7) is 0. The van der Waals surface area contributed by atoms with E-state index in [-0.39, 0.29) is 11.4 Å². The number of benzene rings is 2. The van der Waals surface area contributed by atoms with Gasteiger partial charge in [0.25, 0.3) is 5.69 Å². The van der Waals surface area contributed by atoms with Crippen LogP contribution in [-0.2, 0) is 19.1 Å². The van der Waals surface area contributed by atoms with E-state index in [1.807, 2.05) is 0 Å². The lowest BCUT2D eigenvalue weighted by Gasteiger charge is -2.13. The number of para-hydroxylation sites is 1. The van der Waals surface area contributed by atoms with E-state index in [2.05, 4.69) is 14.8 Å². The molecule has 134 valence electrons. The largest absolute Gasteiger partial charge is 0.466 e. The fourth-order valence-corrected chi connectivity index (χ4v) is 2.18. The average Bonchev–Trinajstić information content (AvgIpc) is 2.67. The second-order valence-electron chi connectivity index (χ2n) is 5.05. The predicted molar refractivity (Wildman–Crippen MR) is 94.3 cm³/mol. The summed E-state index contributed by atoms with van der Waals surface area (Å²) in [5, 5.41) is 13.6. The molecule has 0 atom stereocenters. The fourth-order valence-electron chi connectivity index (χ4n) is 2.18. The first-order valence-electron chi connectivity index (χ1n) is 7.45.